The summed E-state index contributed by atoms with van der Waals surface area (Å²) in [6.07, 6.45) is 0.524. The van der Waals surface area contributed by atoms with Gasteiger partial charge in [-0.1, -0.05) is 13.8 Å². The van der Waals surface area contributed by atoms with Crippen LogP contribution in [0.4, 0.5) is 0 Å². The van der Waals surface area contributed by atoms with E-state index in [1.807, 2.05) is 18.7 Å². The first kappa shape index (κ1) is 18.4. The van der Waals surface area contributed by atoms with Crippen molar-refractivity contribution >= 4 is 5.91 Å². The Morgan fingerprint density at radius 2 is 1.63 bits per heavy atom. The highest BCUT2D eigenvalue weighted by molar-refractivity contribution is 5.76. The minimum absolute atomic E-state index is 0.160. The molecule has 0 unspecified atom stereocenters. The van der Waals surface area contributed by atoms with Gasteiger partial charge < -0.3 is 19.7 Å². The second-order valence-electron chi connectivity index (χ2n) is 4.63. The van der Waals surface area contributed by atoms with Crippen LogP contribution in [0, 0.1) is 0 Å². The summed E-state index contributed by atoms with van der Waals surface area (Å²) >= 11 is 0. The summed E-state index contributed by atoms with van der Waals surface area (Å²) in [5.74, 6) is 0.160. The highest BCUT2D eigenvalue weighted by Crippen LogP contribution is 1.96. The van der Waals surface area contributed by atoms with Crippen LogP contribution in [0.1, 0.15) is 34.1 Å². The van der Waals surface area contributed by atoms with E-state index in [1.165, 1.54) is 0 Å². The van der Waals surface area contributed by atoms with Crippen LogP contribution in [0.3, 0.4) is 0 Å². The molecular formula is C14H30N2O3. The maximum atomic E-state index is 12.1. The second-order valence-corrected chi connectivity index (χ2v) is 4.63. The molecule has 5 nitrogen and oxygen atoms in total. The van der Waals surface area contributed by atoms with Gasteiger partial charge in [0, 0.05) is 45.3 Å². The number of nitrogens with zero attached hydrogens (tertiary/aromatic N) is 1. The quantitative estimate of drug-likeness (QED) is 0.545. The van der Waals surface area contributed by atoms with E-state index in [1.54, 1.807) is 0 Å². The molecule has 0 radical (unpaired) electrons. The lowest BCUT2D eigenvalue weighted by atomic mass is 10.3. The van der Waals surface area contributed by atoms with Crippen molar-refractivity contribution in [3.63, 3.8) is 0 Å². The highest BCUT2D eigenvalue weighted by Gasteiger charge is 2.12. The molecule has 0 aromatic heterocycles. The molecule has 19 heavy (non-hydrogen) atoms. The number of ether oxygens (including phenoxy) is 2. The number of amides is 1. The first-order chi connectivity index (χ1) is 9.11. The number of nitrogens with one attached hydrogen (secondary N) is 1. The molecule has 0 aromatic carbocycles. The third-order valence-electron chi connectivity index (χ3n) is 2.66. The fourth-order valence-corrected chi connectivity index (χ4v) is 1.63. The number of hydrogen-bond donors (Lipinski definition) is 1. The summed E-state index contributed by atoms with van der Waals surface area (Å²) in [6, 6.07) is 0.410. The van der Waals surface area contributed by atoms with E-state index in [2.05, 4.69) is 19.2 Å². The summed E-state index contributed by atoms with van der Waals surface area (Å²) in [7, 11) is 0. The van der Waals surface area contributed by atoms with Crippen molar-refractivity contribution in [1.29, 1.82) is 0 Å². The average molecular weight is 274 g/mol. The molecule has 114 valence electrons. The van der Waals surface area contributed by atoms with Crippen molar-refractivity contribution in [2.75, 3.05) is 46.1 Å². The van der Waals surface area contributed by atoms with E-state index in [4.69, 9.17) is 9.47 Å². The Kier molecular flexibility index (Phi) is 12.0. The number of carbonyl (C=O) groups excluding carboxylic acids is 1. The highest BCUT2D eigenvalue weighted by atomic mass is 16.5. The van der Waals surface area contributed by atoms with Crippen LogP contribution >= 0.6 is 0 Å². The van der Waals surface area contributed by atoms with Crippen molar-refractivity contribution in [2.45, 2.75) is 40.2 Å². The monoisotopic (exact) mass is 274 g/mol. The van der Waals surface area contributed by atoms with Gasteiger partial charge in [0.1, 0.15) is 0 Å². The van der Waals surface area contributed by atoms with Crippen LogP contribution in [0.25, 0.3) is 0 Å². The van der Waals surface area contributed by atoms with E-state index in [-0.39, 0.29) is 5.91 Å². The minimum atomic E-state index is 0.160. The molecule has 0 saturated heterocycles. The van der Waals surface area contributed by atoms with Crippen molar-refractivity contribution < 1.29 is 14.3 Å². The zero-order valence-electron chi connectivity index (χ0n) is 12.9. The van der Waals surface area contributed by atoms with Gasteiger partial charge in [0.05, 0.1) is 13.2 Å². The van der Waals surface area contributed by atoms with Gasteiger partial charge in [-0.3, -0.25) is 4.79 Å². The van der Waals surface area contributed by atoms with Crippen LogP contribution in [-0.2, 0) is 14.3 Å². The number of hydrogen-bond acceptors (Lipinski definition) is 4. The molecule has 1 N–H and O–H groups in total. The lowest BCUT2D eigenvalue weighted by molar-refractivity contribution is -0.132. The zero-order chi connectivity index (χ0) is 14.5. The minimum Gasteiger partial charge on any atom is -0.380 e. The topological polar surface area (TPSA) is 50.8 Å². The van der Waals surface area contributed by atoms with E-state index < -0.39 is 0 Å². The molecule has 0 aromatic rings. The SMILES string of the molecule is CCOCCN(CCOCC)C(=O)CCNC(C)C. The summed E-state index contributed by atoms with van der Waals surface area (Å²) in [6.45, 7) is 12.6. The lowest BCUT2D eigenvalue weighted by Crippen LogP contribution is -2.38. The van der Waals surface area contributed by atoms with Gasteiger partial charge in [-0.15, -0.1) is 0 Å². The van der Waals surface area contributed by atoms with Gasteiger partial charge >= 0.3 is 0 Å². The molecule has 0 saturated carbocycles. The first-order valence-electron chi connectivity index (χ1n) is 7.28. The van der Waals surface area contributed by atoms with Gasteiger partial charge in [0.15, 0.2) is 0 Å². The van der Waals surface area contributed by atoms with Crippen LogP contribution in [0.5, 0.6) is 0 Å². The van der Waals surface area contributed by atoms with Gasteiger partial charge in [0.2, 0.25) is 5.91 Å². The van der Waals surface area contributed by atoms with Gasteiger partial charge in [-0.25, -0.2) is 0 Å². The van der Waals surface area contributed by atoms with Gasteiger partial charge in [0.25, 0.3) is 0 Å². The Hall–Kier alpha value is -0.650. The first-order valence-corrected chi connectivity index (χ1v) is 7.28. The van der Waals surface area contributed by atoms with Gasteiger partial charge in [-0.2, -0.15) is 0 Å². The van der Waals surface area contributed by atoms with Crippen molar-refractivity contribution in [1.82, 2.24) is 10.2 Å². The van der Waals surface area contributed by atoms with E-state index in [0.29, 0.717) is 52.0 Å². The predicted molar refractivity (Wildman–Crippen MR) is 77.3 cm³/mol. The maximum Gasteiger partial charge on any atom is 0.224 e. The second kappa shape index (κ2) is 12.4. The number of rotatable bonds is 12. The Morgan fingerprint density at radius 3 is 2.05 bits per heavy atom. The summed E-state index contributed by atoms with van der Waals surface area (Å²) in [4.78, 5) is 13.9. The van der Waals surface area contributed by atoms with E-state index in [9.17, 15) is 4.79 Å². The fourth-order valence-electron chi connectivity index (χ4n) is 1.63. The molecule has 0 bridgehead atoms. The molecule has 0 spiro atoms. The van der Waals surface area contributed by atoms with Gasteiger partial charge in [-0.05, 0) is 13.8 Å². The molecule has 0 heterocycles. The van der Waals surface area contributed by atoms with Crippen LogP contribution < -0.4 is 5.32 Å². The smallest absolute Gasteiger partial charge is 0.224 e. The Labute approximate surface area is 117 Å². The molecule has 0 aliphatic carbocycles. The molecule has 1 amide bonds. The van der Waals surface area contributed by atoms with E-state index >= 15 is 0 Å². The normalized spacial score (nSPS) is 11.0. The molecule has 0 fully saturated rings. The number of carbonyl (C=O) groups is 1. The van der Waals surface area contributed by atoms with Crippen molar-refractivity contribution in [3.8, 4) is 0 Å². The Morgan fingerprint density at radius 1 is 1.11 bits per heavy atom. The van der Waals surface area contributed by atoms with Crippen molar-refractivity contribution in [3.05, 3.63) is 0 Å². The molecule has 0 atom stereocenters. The third-order valence-corrected chi connectivity index (χ3v) is 2.66. The molecule has 0 aliphatic rings. The van der Waals surface area contributed by atoms with Crippen LogP contribution in [0.15, 0.2) is 0 Å². The Balaban J connectivity index is 4.01. The summed E-state index contributed by atoms with van der Waals surface area (Å²) in [5.41, 5.74) is 0. The summed E-state index contributed by atoms with van der Waals surface area (Å²) < 4.78 is 10.6. The standard InChI is InChI=1S/C14H30N2O3/c1-5-18-11-9-16(10-12-19-6-2)14(17)7-8-15-13(3)4/h13,15H,5-12H2,1-4H3. The largest absolute Gasteiger partial charge is 0.380 e. The third kappa shape index (κ3) is 10.9. The summed E-state index contributed by atoms with van der Waals surface area (Å²) in [5, 5.41) is 3.26. The zero-order valence-corrected chi connectivity index (χ0v) is 12.9. The lowest BCUT2D eigenvalue weighted by Gasteiger charge is -2.23. The Bertz CT molecular complexity index is 213. The van der Waals surface area contributed by atoms with Crippen molar-refractivity contribution in [2.24, 2.45) is 0 Å². The predicted octanol–water partition coefficient (Wildman–Crippen LogP) is 1.28. The average Bonchev–Trinajstić information content (AvgIpc) is 2.36. The van der Waals surface area contributed by atoms with E-state index in [0.717, 1.165) is 6.54 Å². The molecule has 0 aliphatic heterocycles. The maximum absolute atomic E-state index is 12.1. The molecular weight excluding hydrogens is 244 g/mol. The van der Waals surface area contributed by atoms with Crippen LogP contribution in [0.2, 0.25) is 0 Å². The molecule has 5 heteroatoms. The molecule has 0 rings (SSSR count). The van der Waals surface area contributed by atoms with Crippen LogP contribution in [-0.4, -0.2) is 62.9 Å². The fraction of sp³-hybridized carbons (Fsp3) is 0.929.